The lowest BCUT2D eigenvalue weighted by Gasteiger charge is -2.11. The fraction of sp³-hybridized carbons (Fsp3) is 0.136. The number of methoxy groups -OCH3 is 2. The summed E-state index contributed by atoms with van der Waals surface area (Å²) in [6.45, 7) is 1.92. The monoisotopic (exact) mass is 391 g/mol. The quantitative estimate of drug-likeness (QED) is 0.665. The third-order valence-electron chi connectivity index (χ3n) is 4.21. The number of nitrogens with one attached hydrogen (secondary N) is 2. The second kappa shape index (κ2) is 8.88. The van der Waals surface area contributed by atoms with Gasteiger partial charge in [0.25, 0.3) is 11.8 Å². The molecule has 2 amide bonds. The maximum atomic E-state index is 12.7. The van der Waals surface area contributed by atoms with E-state index in [1.54, 1.807) is 43.5 Å². The van der Waals surface area contributed by atoms with Crippen LogP contribution >= 0.6 is 0 Å². The summed E-state index contributed by atoms with van der Waals surface area (Å²) in [5.41, 5.74) is 2.57. The van der Waals surface area contributed by atoms with Crippen molar-refractivity contribution < 1.29 is 19.1 Å². The Labute approximate surface area is 168 Å². The molecule has 0 fully saturated rings. The Hall–Kier alpha value is -3.87. The minimum atomic E-state index is -0.419. The van der Waals surface area contributed by atoms with Crippen LogP contribution in [0.2, 0.25) is 0 Å². The van der Waals surface area contributed by atoms with E-state index in [2.05, 4.69) is 15.6 Å². The SMILES string of the molecule is COc1ccc(NC(=O)c2cc(C(=O)Nc3cc(C)ccc3OC)ccn2)cc1. The van der Waals surface area contributed by atoms with Crippen LogP contribution in [0.4, 0.5) is 11.4 Å². The van der Waals surface area contributed by atoms with Crippen molar-refractivity contribution in [3.05, 3.63) is 77.6 Å². The largest absolute Gasteiger partial charge is 0.497 e. The predicted molar refractivity (Wildman–Crippen MR) is 111 cm³/mol. The van der Waals surface area contributed by atoms with Crippen molar-refractivity contribution in [2.45, 2.75) is 6.92 Å². The molecule has 0 atom stereocenters. The van der Waals surface area contributed by atoms with E-state index in [1.807, 2.05) is 19.1 Å². The molecular weight excluding hydrogens is 370 g/mol. The zero-order valence-corrected chi connectivity index (χ0v) is 16.4. The van der Waals surface area contributed by atoms with Gasteiger partial charge in [0.2, 0.25) is 0 Å². The summed E-state index contributed by atoms with van der Waals surface area (Å²) in [4.78, 5) is 29.2. The molecule has 2 aromatic carbocycles. The number of carbonyl (C=O) groups excluding carboxylic acids is 2. The van der Waals surface area contributed by atoms with Crippen LogP contribution in [0.15, 0.2) is 60.8 Å². The van der Waals surface area contributed by atoms with E-state index in [4.69, 9.17) is 9.47 Å². The molecule has 1 aromatic heterocycles. The number of nitrogens with zero attached hydrogens (tertiary/aromatic N) is 1. The number of anilines is 2. The van der Waals surface area contributed by atoms with Crippen molar-refractivity contribution in [2.24, 2.45) is 0 Å². The van der Waals surface area contributed by atoms with Crippen molar-refractivity contribution in [2.75, 3.05) is 24.9 Å². The second-order valence-electron chi connectivity index (χ2n) is 6.27. The Bertz CT molecular complexity index is 1030. The van der Waals surface area contributed by atoms with Gasteiger partial charge in [0.05, 0.1) is 19.9 Å². The molecule has 148 valence electrons. The molecule has 0 aliphatic carbocycles. The number of aryl methyl sites for hydroxylation is 1. The second-order valence-corrected chi connectivity index (χ2v) is 6.27. The summed E-state index contributed by atoms with van der Waals surface area (Å²) in [5, 5.41) is 5.55. The highest BCUT2D eigenvalue weighted by molar-refractivity contribution is 6.08. The number of hydrogen-bond donors (Lipinski definition) is 2. The van der Waals surface area contributed by atoms with E-state index < -0.39 is 5.91 Å². The number of amides is 2. The van der Waals surface area contributed by atoms with Gasteiger partial charge in [-0.15, -0.1) is 0 Å². The molecule has 0 bridgehead atoms. The Morgan fingerprint density at radius 1 is 0.862 bits per heavy atom. The highest BCUT2D eigenvalue weighted by atomic mass is 16.5. The maximum absolute atomic E-state index is 12.7. The van der Waals surface area contributed by atoms with Crippen LogP contribution < -0.4 is 20.1 Å². The highest BCUT2D eigenvalue weighted by Gasteiger charge is 2.14. The number of benzene rings is 2. The summed E-state index contributed by atoms with van der Waals surface area (Å²) in [7, 11) is 3.11. The molecule has 0 unspecified atom stereocenters. The van der Waals surface area contributed by atoms with Crippen molar-refractivity contribution in [1.82, 2.24) is 4.98 Å². The summed E-state index contributed by atoms with van der Waals surface area (Å²) >= 11 is 0. The standard InChI is InChI=1S/C22H21N3O4/c1-14-4-9-20(29-3)18(12-14)25-21(26)15-10-11-23-19(13-15)22(27)24-16-5-7-17(28-2)8-6-16/h4-13H,1-3H3,(H,24,27)(H,25,26). The number of ether oxygens (including phenoxy) is 2. The van der Waals surface area contributed by atoms with Crippen LogP contribution in [0.1, 0.15) is 26.4 Å². The fourth-order valence-electron chi connectivity index (χ4n) is 2.68. The number of rotatable bonds is 6. The van der Waals surface area contributed by atoms with E-state index in [-0.39, 0.29) is 11.6 Å². The first-order valence-electron chi connectivity index (χ1n) is 8.87. The van der Waals surface area contributed by atoms with Gasteiger partial charge in [0, 0.05) is 17.4 Å². The first kappa shape index (κ1) is 19.9. The smallest absolute Gasteiger partial charge is 0.274 e. The minimum Gasteiger partial charge on any atom is -0.497 e. The molecule has 0 aliphatic heterocycles. The summed E-state index contributed by atoms with van der Waals surface area (Å²) in [5.74, 6) is 0.453. The van der Waals surface area contributed by atoms with Gasteiger partial charge in [-0.1, -0.05) is 6.07 Å². The van der Waals surface area contributed by atoms with Crippen LogP contribution in [0.5, 0.6) is 11.5 Å². The van der Waals surface area contributed by atoms with Gasteiger partial charge in [-0.25, -0.2) is 0 Å². The number of hydrogen-bond acceptors (Lipinski definition) is 5. The molecule has 1 heterocycles. The molecule has 0 aliphatic rings. The van der Waals surface area contributed by atoms with Gasteiger partial charge in [-0.3, -0.25) is 14.6 Å². The summed E-state index contributed by atoms with van der Waals surface area (Å²) in [6, 6.07) is 15.4. The Morgan fingerprint density at radius 3 is 2.31 bits per heavy atom. The van der Waals surface area contributed by atoms with Gasteiger partial charge < -0.3 is 20.1 Å². The molecule has 29 heavy (non-hydrogen) atoms. The zero-order chi connectivity index (χ0) is 20.8. The van der Waals surface area contributed by atoms with E-state index >= 15 is 0 Å². The van der Waals surface area contributed by atoms with Crippen molar-refractivity contribution in [3.8, 4) is 11.5 Å². The van der Waals surface area contributed by atoms with Crippen LogP contribution in [-0.4, -0.2) is 31.0 Å². The lowest BCUT2D eigenvalue weighted by atomic mass is 10.1. The average molecular weight is 391 g/mol. The van der Waals surface area contributed by atoms with Gasteiger partial charge >= 0.3 is 0 Å². The van der Waals surface area contributed by atoms with Gasteiger partial charge in [0.1, 0.15) is 17.2 Å². The topological polar surface area (TPSA) is 89.5 Å². The molecule has 0 saturated heterocycles. The van der Waals surface area contributed by atoms with Crippen LogP contribution in [0.3, 0.4) is 0 Å². The lowest BCUT2D eigenvalue weighted by molar-refractivity contribution is 0.102. The van der Waals surface area contributed by atoms with E-state index in [0.29, 0.717) is 28.4 Å². The molecule has 7 heteroatoms. The number of aromatic nitrogens is 1. The molecule has 0 spiro atoms. The fourth-order valence-corrected chi connectivity index (χ4v) is 2.68. The van der Waals surface area contributed by atoms with E-state index in [9.17, 15) is 9.59 Å². The van der Waals surface area contributed by atoms with Gasteiger partial charge in [-0.05, 0) is 61.0 Å². The molecular formula is C22H21N3O4. The van der Waals surface area contributed by atoms with Crippen molar-refractivity contribution in [3.63, 3.8) is 0 Å². The van der Waals surface area contributed by atoms with Crippen LogP contribution in [-0.2, 0) is 0 Å². The maximum Gasteiger partial charge on any atom is 0.274 e. The third kappa shape index (κ3) is 4.90. The highest BCUT2D eigenvalue weighted by Crippen LogP contribution is 2.25. The molecule has 7 nitrogen and oxygen atoms in total. The van der Waals surface area contributed by atoms with Crippen molar-refractivity contribution in [1.29, 1.82) is 0 Å². The number of carbonyl (C=O) groups is 2. The molecule has 0 saturated carbocycles. The normalized spacial score (nSPS) is 10.2. The average Bonchev–Trinajstić information content (AvgIpc) is 2.74. The molecule has 2 N–H and O–H groups in total. The predicted octanol–water partition coefficient (Wildman–Crippen LogP) is 3.91. The summed E-state index contributed by atoms with van der Waals surface area (Å²) in [6.07, 6.45) is 1.42. The molecule has 3 aromatic rings. The Kier molecular flexibility index (Phi) is 6.09. The Morgan fingerprint density at radius 2 is 1.62 bits per heavy atom. The van der Waals surface area contributed by atoms with Crippen molar-refractivity contribution >= 4 is 23.2 Å². The number of pyridine rings is 1. The Balaban J connectivity index is 1.75. The first-order valence-corrected chi connectivity index (χ1v) is 8.87. The van der Waals surface area contributed by atoms with Crippen LogP contribution in [0.25, 0.3) is 0 Å². The van der Waals surface area contributed by atoms with E-state index in [0.717, 1.165) is 5.56 Å². The first-order chi connectivity index (χ1) is 14.0. The van der Waals surface area contributed by atoms with Gasteiger partial charge in [-0.2, -0.15) is 0 Å². The van der Waals surface area contributed by atoms with E-state index in [1.165, 1.54) is 19.4 Å². The lowest BCUT2D eigenvalue weighted by Crippen LogP contribution is -2.17. The van der Waals surface area contributed by atoms with Crippen LogP contribution in [0, 0.1) is 6.92 Å². The molecule has 0 radical (unpaired) electrons. The zero-order valence-electron chi connectivity index (χ0n) is 16.4. The minimum absolute atomic E-state index is 0.129. The molecule has 3 rings (SSSR count). The summed E-state index contributed by atoms with van der Waals surface area (Å²) < 4.78 is 10.4. The third-order valence-corrected chi connectivity index (χ3v) is 4.21. The van der Waals surface area contributed by atoms with Gasteiger partial charge in [0.15, 0.2) is 0 Å².